The molecule has 8 heteroatoms. The van der Waals surface area contributed by atoms with Crippen molar-refractivity contribution in [3.05, 3.63) is 16.1 Å². The predicted molar refractivity (Wildman–Crippen MR) is 101 cm³/mol. The number of hydrogen-bond donors (Lipinski definition) is 1. The van der Waals surface area contributed by atoms with Crippen LogP contribution >= 0.6 is 22.6 Å². The SMILES string of the molecule is CC(=O)N1CCN([C@H]2C[C@@H](n3cc(I)c4c(N)ncnc43)C2)CC1. The van der Waals surface area contributed by atoms with E-state index in [2.05, 4.69) is 48.2 Å². The molecule has 128 valence electrons. The van der Waals surface area contributed by atoms with Gasteiger partial charge >= 0.3 is 0 Å². The van der Waals surface area contributed by atoms with E-state index in [1.54, 1.807) is 13.3 Å². The molecule has 1 amide bonds. The van der Waals surface area contributed by atoms with Crippen molar-refractivity contribution in [2.45, 2.75) is 31.8 Å². The van der Waals surface area contributed by atoms with Crippen molar-refractivity contribution >= 4 is 45.3 Å². The number of nitrogen functional groups attached to an aromatic ring is 1. The summed E-state index contributed by atoms with van der Waals surface area (Å²) < 4.78 is 3.37. The van der Waals surface area contributed by atoms with Gasteiger partial charge in [-0.1, -0.05) is 0 Å². The minimum atomic E-state index is 0.187. The Balaban J connectivity index is 1.43. The first-order valence-corrected chi connectivity index (χ1v) is 9.38. The third kappa shape index (κ3) is 2.65. The van der Waals surface area contributed by atoms with Gasteiger partial charge in [-0.05, 0) is 35.4 Å². The molecule has 0 radical (unpaired) electrons. The highest BCUT2D eigenvalue weighted by Crippen LogP contribution is 2.39. The molecule has 2 fully saturated rings. The van der Waals surface area contributed by atoms with Gasteiger partial charge in [0.2, 0.25) is 5.91 Å². The third-order valence-electron chi connectivity index (χ3n) is 5.35. The summed E-state index contributed by atoms with van der Waals surface area (Å²) in [5.74, 6) is 0.742. The molecule has 2 aliphatic rings. The van der Waals surface area contributed by atoms with Crippen molar-refractivity contribution < 1.29 is 4.79 Å². The highest BCUT2D eigenvalue weighted by Gasteiger charge is 2.37. The molecule has 0 atom stereocenters. The average Bonchev–Trinajstić information content (AvgIpc) is 2.85. The van der Waals surface area contributed by atoms with Crippen LogP contribution in [0.25, 0.3) is 11.0 Å². The molecule has 0 bridgehead atoms. The Kier molecular flexibility index (Phi) is 4.11. The molecule has 0 spiro atoms. The van der Waals surface area contributed by atoms with Crippen LogP contribution in [-0.2, 0) is 4.79 Å². The Bertz CT molecular complexity index is 776. The largest absolute Gasteiger partial charge is 0.383 e. The molecule has 1 saturated heterocycles. The number of nitrogens with zero attached hydrogens (tertiary/aromatic N) is 5. The van der Waals surface area contributed by atoms with Gasteiger partial charge in [-0.2, -0.15) is 0 Å². The quantitative estimate of drug-likeness (QED) is 0.716. The molecule has 0 aromatic carbocycles. The lowest BCUT2D eigenvalue weighted by molar-refractivity contribution is -0.131. The second kappa shape index (κ2) is 6.14. The number of rotatable bonds is 2. The van der Waals surface area contributed by atoms with Gasteiger partial charge in [-0.3, -0.25) is 9.69 Å². The van der Waals surface area contributed by atoms with Crippen molar-refractivity contribution in [1.82, 2.24) is 24.3 Å². The van der Waals surface area contributed by atoms with Crippen molar-refractivity contribution in [1.29, 1.82) is 0 Å². The number of anilines is 1. The summed E-state index contributed by atoms with van der Waals surface area (Å²) >= 11 is 2.31. The van der Waals surface area contributed by atoms with Gasteiger partial charge in [0.15, 0.2) is 0 Å². The second-order valence-corrected chi connectivity index (χ2v) is 7.83. The first kappa shape index (κ1) is 16.1. The topological polar surface area (TPSA) is 80.3 Å². The zero-order chi connectivity index (χ0) is 16.8. The molecule has 1 aliphatic carbocycles. The molecule has 2 N–H and O–H groups in total. The number of fused-ring (bicyclic) bond motifs is 1. The Morgan fingerprint density at radius 1 is 1.21 bits per heavy atom. The Morgan fingerprint density at radius 2 is 1.92 bits per heavy atom. The molecule has 0 unspecified atom stereocenters. The lowest BCUT2D eigenvalue weighted by atomic mass is 9.85. The van der Waals surface area contributed by atoms with Crippen molar-refractivity contribution in [2.75, 3.05) is 31.9 Å². The van der Waals surface area contributed by atoms with Crippen LogP contribution in [0.1, 0.15) is 25.8 Å². The van der Waals surface area contributed by atoms with Crippen LogP contribution in [-0.4, -0.2) is 62.5 Å². The fourth-order valence-corrected chi connectivity index (χ4v) is 4.64. The van der Waals surface area contributed by atoms with Gasteiger partial charge in [0.05, 0.1) is 5.39 Å². The number of nitrogens with two attached hydrogens (primary N) is 1. The van der Waals surface area contributed by atoms with Crippen LogP contribution in [0, 0.1) is 3.57 Å². The zero-order valence-corrected chi connectivity index (χ0v) is 15.8. The minimum absolute atomic E-state index is 0.187. The summed E-state index contributed by atoms with van der Waals surface area (Å²) in [6.45, 7) is 5.32. The number of piperazine rings is 1. The number of aromatic nitrogens is 3. The monoisotopic (exact) mass is 440 g/mol. The summed E-state index contributed by atoms with van der Waals surface area (Å²) in [5, 5.41) is 0.969. The highest BCUT2D eigenvalue weighted by atomic mass is 127. The van der Waals surface area contributed by atoms with Crippen molar-refractivity contribution in [3.63, 3.8) is 0 Å². The van der Waals surface area contributed by atoms with Crippen LogP contribution in [0.2, 0.25) is 0 Å². The standard InChI is InChI=1S/C16H21IN6O/c1-10(24)21-2-4-22(5-3-21)11-6-12(7-11)23-8-13(17)14-15(18)19-9-20-16(14)23/h8-9,11-12H,2-7H2,1H3,(H2,18,19,20)/t11-,12+. The maximum Gasteiger partial charge on any atom is 0.219 e. The third-order valence-corrected chi connectivity index (χ3v) is 6.17. The van der Waals surface area contributed by atoms with E-state index in [4.69, 9.17) is 5.73 Å². The van der Waals surface area contributed by atoms with Crippen LogP contribution in [0.5, 0.6) is 0 Å². The van der Waals surface area contributed by atoms with E-state index in [1.165, 1.54) is 0 Å². The first-order chi connectivity index (χ1) is 11.5. The Labute approximate surface area is 154 Å². The molecule has 2 aromatic heterocycles. The molecule has 3 heterocycles. The van der Waals surface area contributed by atoms with Crippen LogP contribution in [0.15, 0.2) is 12.5 Å². The first-order valence-electron chi connectivity index (χ1n) is 8.30. The van der Waals surface area contributed by atoms with Gasteiger partial charge in [-0.15, -0.1) is 0 Å². The molecule has 24 heavy (non-hydrogen) atoms. The minimum Gasteiger partial charge on any atom is -0.383 e. The van der Waals surface area contributed by atoms with E-state index < -0.39 is 0 Å². The molecule has 2 aromatic rings. The van der Waals surface area contributed by atoms with Crippen LogP contribution in [0.3, 0.4) is 0 Å². The summed E-state index contributed by atoms with van der Waals surface area (Å²) in [7, 11) is 0. The van der Waals surface area contributed by atoms with E-state index in [0.717, 1.165) is 53.6 Å². The van der Waals surface area contributed by atoms with E-state index in [0.29, 0.717) is 17.9 Å². The molecule has 1 aliphatic heterocycles. The van der Waals surface area contributed by atoms with Gasteiger partial charge in [0.25, 0.3) is 0 Å². The zero-order valence-electron chi connectivity index (χ0n) is 13.7. The molecule has 4 rings (SSSR count). The molecular weight excluding hydrogens is 419 g/mol. The summed E-state index contributed by atoms with van der Waals surface area (Å²) in [4.78, 5) is 24.4. The van der Waals surface area contributed by atoms with E-state index in [9.17, 15) is 4.79 Å². The van der Waals surface area contributed by atoms with E-state index >= 15 is 0 Å². The Morgan fingerprint density at radius 3 is 2.58 bits per heavy atom. The number of hydrogen-bond acceptors (Lipinski definition) is 5. The molecular formula is C16H21IN6O. The number of carbonyl (C=O) groups is 1. The van der Waals surface area contributed by atoms with Crippen molar-refractivity contribution in [2.24, 2.45) is 0 Å². The number of amides is 1. The smallest absolute Gasteiger partial charge is 0.219 e. The predicted octanol–water partition coefficient (Wildman–Crippen LogP) is 1.49. The van der Waals surface area contributed by atoms with Gasteiger partial charge < -0.3 is 15.2 Å². The van der Waals surface area contributed by atoms with Gasteiger partial charge in [0.1, 0.15) is 17.8 Å². The molecule has 7 nitrogen and oxygen atoms in total. The summed E-state index contributed by atoms with van der Waals surface area (Å²) in [6.07, 6.45) is 5.94. The second-order valence-electron chi connectivity index (χ2n) is 6.66. The number of halogens is 1. The Hall–Kier alpha value is -1.42. The lowest BCUT2D eigenvalue weighted by Crippen LogP contribution is -2.54. The fraction of sp³-hybridized carbons (Fsp3) is 0.562. The van der Waals surface area contributed by atoms with Gasteiger partial charge in [0, 0.05) is 55.0 Å². The maximum atomic E-state index is 11.4. The normalized spacial score (nSPS) is 25.0. The maximum absolute atomic E-state index is 11.4. The van der Waals surface area contributed by atoms with Crippen LogP contribution in [0.4, 0.5) is 5.82 Å². The van der Waals surface area contributed by atoms with E-state index in [1.807, 2.05) is 4.90 Å². The molecule has 1 saturated carbocycles. The van der Waals surface area contributed by atoms with Crippen molar-refractivity contribution in [3.8, 4) is 0 Å². The summed E-state index contributed by atoms with van der Waals surface area (Å²) in [6, 6.07) is 1.08. The van der Waals surface area contributed by atoms with E-state index in [-0.39, 0.29) is 5.91 Å². The van der Waals surface area contributed by atoms with Gasteiger partial charge in [-0.25, -0.2) is 9.97 Å². The fourth-order valence-electron chi connectivity index (χ4n) is 3.83. The number of carbonyl (C=O) groups excluding carboxylic acids is 1. The average molecular weight is 440 g/mol. The van der Waals surface area contributed by atoms with Crippen LogP contribution < -0.4 is 5.73 Å². The highest BCUT2D eigenvalue weighted by molar-refractivity contribution is 14.1. The summed E-state index contributed by atoms with van der Waals surface area (Å²) in [5.41, 5.74) is 6.94. The lowest BCUT2D eigenvalue weighted by Gasteiger charge is -2.46.